The highest BCUT2D eigenvalue weighted by Crippen LogP contribution is 2.29. The van der Waals surface area contributed by atoms with Crippen molar-refractivity contribution in [3.8, 4) is 0 Å². The molecule has 0 radical (unpaired) electrons. The smallest absolute Gasteiger partial charge is 0.337 e. The van der Waals surface area contributed by atoms with Crippen molar-refractivity contribution in [2.45, 2.75) is 37.0 Å². The molecule has 0 atom stereocenters. The number of aromatic carboxylic acids is 1. The van der Waals surface area contributed by atoms with Crippen molar-refractivity contribution in [3.63, 3.8) is 0 Å². The Kier molecular flexibility index (Phi) is 5.95. The van der Waals surface area contributed by atoms with Crippen LogP contribution in [0.2, 0.25) is 0 Å². The lowest BCUT2D eigenvalue weighted by atomic mass is 10.1. The number of sulfonamides is 1. The molecule has 1 aromatic heterocycles. The van der Waals surface area contributed by atoms with E-state index in [0.717, 1.165) is 38.8 Å². The Morgan fingerprint density at radius 2 is 1.67 bits per heavy atom. The van der Waals surface area contributed by atoms with E-state index in [9.17, 15) is 18.3 Å². The third-order valence-electron chi connectivity index (χ3n) is 4.57. The van der Waals surface area contributed by atoms with Gasteiger partial charge >= 0.3 is 5.97 Å². The van der Waals surface area contributed by atoms with Crippen molar-refractivity contribution in [1.82, 2.24) is 4.98 Å². The van der Waals surface area contributed by atoms with Gasteiger partial charge in [0.2, 0.25) is 0 Å². The van der Waals surface area contributed by atoms with Gasteiger partial charge in [-0.15, -0.1) is 0 Å². The largest absolute Gasteiger partial charge is 0.478 e. The van der Waals surface area contributed by atoms with Gasteiger partial charge in [0, 0.05) is 19.3 Å². The number of hydrogen-bond acceptors (Lipinski definition) is 5. The fraction of sp³-hybridized carbons (Fsp3) is 0.368. The highest BCUT2D eigenvalue weighted by Gasteiger charge is 2.21. The van der Waals surface area contributed by atoms with Crippen LogP contribution in [0.15, 0.2) is 47.5 Å². The van der Waals surface area contributed by atoms with Gasteiger partial charge in [-0.3, -0.25) is 4.72 Å². The maximum Gasteiger partial charge on any atom is 0.337 e. The van der Waals surface area contributed by atoms with E-state index in [2.05, 4.69) is 9.71 Å². The Morgan fingerprint density at radius 1 is 1.04 bits per heavy atom. The van der Waals surface area contributed by atoms with Crippen LogP contribution in [0, 0.1) is 0 Å². The van der Waals surface area contributed by atoms with Gasteiger partial charge in [-0.05, 0) is 31.0 Å². The SMILES string of the molecule is O=C(O)c1cnc(N2CCCCCCC2)c(NS(=O)(=O)c2ccccc2)c1. The molecule has 0 unspecified atom stereocenters. The molecule has 2 N–H and O–H groups in total. The molecule has 0 amide bonds. The van der Waals surface area contributed by atoms with Gasteiger partial charge in [0.15, 0.2) is 5.82 Å². The number of carboxylic acid groups (broad SMARTS) is 1. The molecule has 1 aliphatic heterocycles. The molecule has 144 valence electrons. The van der Waals surface area contributed by atoms with Crippen molar-refractivity contribution < 1.29 is 18.3 Å². The summed E-state index contributed by atoms with van der Waals surface area (Å²) in [5.74, 6) is -0.678. The second kappa shape index (κ2) is 8.39. The van der Waals surface area contributed by atoms with Crippen molar-refractivity contribution in [2.75, 3.05) is 22.7 Å². The maximum atomic E-state index is 12.7. The van der Waals surface area contributed by atoms with Gasteiger partial charge in [-0.1, -0.05) is 37.5 Å². The molecule has 0 bridgehead atoms. The van der Waals surface area contributed by atoms with Crippen LogP contribution in [0.4, 0.5) is 11.5 Å². The van der Waals surface area contributed by atoms with E-state index < -0.39 is 16.0 Å². The average molecular weight is 389 g/mol. The van der Waals surface area contributed by atoms with Crippen LogP contribution in [-0.2, 0) is 10.0 Å². The topological polar surface area (TPSA) is 99.6 Å². The first-order chi connectivity index (χ1) is 13.0. The Balaban J connectivity index is 1.98. The van der Waals surface area contributed by atoms with Crippen molar-refractivity contribution >= 4 is 27.5 Å². The third kappa shape index (κ3) is 4.77. The molecule has 1 saturated heterocycles. The molecule has 2 aromatic rings. The lowest BCUT2D eigenvalue weighted by Gasteiger charge is -2.28. The molecule has 1 aliphatic rings. The fourth-order valence-electron chi connectivity index (χ4n) is 3.16. The summed E-state index contributed by atoms with van der Waals surface area (Å²) in [5.41, 5.74) is 0.135. The van der Waals surface area contributed by atoms with Gasteiger partial charge in [0.05, 0.1) is 16.1 Å². The first-order valence-corrected chi connectivity index (χ1v) is 10.5. The zero-order valence-corrected chi connectivity index (χ0v) is 15.8. The number of nitrogens with zero attached hydrogens (tertiary/aromatic N) is 2. The number of carbonyl (C=O) groups is 1. The summed E-state index contributed by atoms with van der Waals surface area (Å²) in [6.07, 6.45) is 6.70. The van der Waals surface area contributed by atoms with Crippen LogP contribution >= 0.6 is 0 Å². The molecule has 1 aromatic carbocycles. The molecule has 8 heteroatoms. The standard InChI is InChI=1S/C19H23N3O4S/c23-19(24)15-13-17(21-27(25,26)16-9-5-4-6-10-16)18(20-14-15)22-11-7-2-1-3-8-12-22/h4-6,9-10,13-14,21H,1-3,7-8,11-12H2,(H,23,24). The minimum atomic E-state index is -3.84. The summed E-state index contributed by atoms with van der Waals surface area (Å²) in [6.45, 7) is 1.53. The molecule has 0 saturated carbocycles. The van der Waals surface area contributed by atoms with Crippen LogP contribution in [0.5, 0.6) is 0 Å². The van der Waals surface area contributed by atoms with E-state index in [4.69, 9.17) is 0 Å². The molecule has 27 heavy (non-hydrogen) atoms. The zero-order chi connectivity index (χ0) is 19.3. The summed E-state index contributed by atoms with van der Waals surface area (Å²) in [6, 6.07) is 9.33. The predicted octanol–water partition coefficient (Wildman–Crippen LogP) is 3.35. The Hall–Kier alpha value is -2.61. The highest BCUT2D eigenvalue weighted by atomic mass is 32.2. The summed E-state index contributed by atoms with van der Waals surface area (Å²) < 4.78 is 28.0. The van der Waals surface area contributed by atoms with Gasteiger partial charge in [0.25, 0.3) is 10.0 Å². The van der Waals surface area contributed by atoms with E-state index in [1.54, 1.807) is 18.2 Å². The fourth-order valence-corrected chi connectivity index (χ4v) is 4.24. The monoisotopic (exact) mass is 389 g/mol. The predicted molar refractivity (Wildman–Crippen MR) is 104 cm³/mol. The minimum Gasteiger partial charge on any atom is -0.478 e. The van der Waals surface area contributed by atoms with E-state index >= 15 is 0 Å². The molecule has 0 spiro atoms. The lowest BCUT2D eigenvalue weighted by molar-refractivity contribution is 0.0696. The van der Waals surface area contributed by atoms with E-state index in [1.165, 1.54) is 30.8 Å². The number of benzene rings is 1. The maximum absolute atomic E-state index is 12.7. The number of carboxylic acids is 1. The van der Waals surface area contributed by atoms with Gasteiger partial charge in [-0.25, -0.2) is 18.2 Å². The molecule has 0 aliphatic carbocycles. The van der Waals surface area contributed by atoms with Crippen LogP contribution < -0.4 is 9.62 Å². The number of anilines is 2. The Bertz CT molecular complexity index is 892. The van der Waals surface area contributed by atoms with Gasteiger partial charge in [-0.2, -0.15) is 0 Å². The quantitative estimate of drug-likeness (QED) is 0.813. The van der Waals surface area contributed by atoms with E-state index in [-0.39, 0.29) is 16.1 Å². The Morgan fingerprint density at radius 3 is 2.30 bits per heavy atom. The third-order valence-corrected chi connectivity index (χ3v) is 5.95. The highest BCUT2D eigenvalue weighted by molar-refractivity contribution is 7.92. The number of hydrogen-bond donors (Lipinski definition) is 2. The average Bonchev–Trinajstić information content (AvgIpc) is 2.62. The summed E-state index contributed by atoms with van der Waals surface area (Å²) >= 11 is 0. The zero-order valence-electron chi connectivity index (χ0n) is 15.0. The van der Waals surface area contributed by atoms with Crippen molar-refractivity contribution in [1.29, 1.82) is 0 Å². The lowest BCUT2D eigenvalue weighted by Crippen LogP contribution is -2.29. The number of nitrogens with one attached hydrogen (secondary N) is 1. The number of aromatic nitrogens is 1. The van der Waals surface area contributed by atoms with Crippen LogP contribution in [0.3, 0.4) is 0 Å². The molecular weight excluding hydrogens is 366 g/mol. The Labute approximate surface area is 159 Å². The number of pyridine rings is 1. The van der Waals surface area contributed by atoms with E-state index in [1.807, 2.05) is 4.90 Å². The molecule has 2 heterocycles. The van der Waals surface area contributed by atoms with Crippen LogP contribution in [-0.4, -0.2) is 37.6 Å². The molecule has 3 rings (SSSR count). The van der Waals surface area contributed by atoms with Gasteiger partial charge < -0.3 is 10.0 Å². The first-order valence-electron chi connectivity index (χ1n) is 9.03. The van der Waals surface area contributed by atoms with Crippen molar-refractivity contribution in [3.05, 3.63) is 48.2 Å². The summed E-state index contributed by atoms with van der Waals surface area (Å²) in [7, 11) is -3.84. The van der Waals surface area contributed by atoms with E-state index in [0.29, 0.717) is 5.82 Å². The molecular formula is C19H23N3O4S. The van der Waals surface area contributed by atoms with Crippen LogP contribution in [0.1, 0.15) is 42.5 Å². The van der Waals surface area contributed by atoms with Gasteiger partial charge in [0.1, 0.15) is 0 Å². The van der Waals surface area contributed by atoms with Crippen molar-refractivity contribution in [2.24, 2.45) is 0 Å². The molecule has 1 fully saturated rings. The first kappa shape index (κ1) is 19.2. The minimum absolute atomic E-state index is 0.0587. The number of rotatable bonds is 5. The second-order valence-corrected chi connectivity index (χ2v) is 8.26. The van der Waals surface area contributed by atoms with Crippen LogP contribution in [0.25, 0.3) is 0 Å². The second-order valence-electron chi connectivity index (χ2n) is 6.57. The normalized spacial score (nSPS) is 15.6. The summed E-state index contributed by atoms with van der Waals surface area (Å²) in [5, 5.41) is 9.28. The summed E-state index contributed by atoms with van der Waals surface area (Å²) in [4.78, 5) is 17.8. The molecule has 7 nitrogen and oxygen atoms in total.